The lowest BCUT2D eigenvalue weighted by atomic mass is 10.0. The number of nitrogens with one attached hydrogen (secondary N) is 1. The molecule has 6 heteroatoms. The van der Waals surface area contributed by atoms with E-state index in [0.717, 1.165) is 16.7 Å². The second-order valence-corrected chi connectivity index (χ2v) is 6.92. The zero-order valence-corrected chi connectivity index (χ0v) is 16.0. The highest BCUT2D eigenvalue weighted by Gasteiger charge is 2.17. The first-order valence-corrected chi connectivity index (χ1v) is 9.71. The maximum Gasteiger partial charge on any atom is 0.272 e. The third-order valence-electron chi connectivity index (χ3n) is 3.99. The topological polar surface area (TPSA) is 54.9 Å². The minimum atomic E-state index is -0.313. The molecule has 1 atom stereocenters. The summed E-state index contributed by atoms with van der Waals surface area (Å²) in [6.07, 6.45) is 3.30. The number of aromatic nitrogens is 2. The standard InChI is InChI=1S/C20H18ClN3OS/c1-13(23-19(25)18-17(21)12-22-20(24-18)26-2)14-8-10-16(11-9-14)15-6-4-3-5-7-15/h3-13H,1-2H3,(H,23,25). The van der Waals surface area contributed by atoms with Crippen LogP contribution in [0.3, 0.4) is 0 Å². The third-order valence-corrected chi connectivity index (χ3v) is 4.82. The molecule has 3 rings (SSSR count). The zero-order valence-electron chi connectivity index (χ0n) is 14.4. The third kappa shape index (κ3) is 4.23. The Labute approximate surface area is 162 Å². The normalized spacial score (nSPS) is 11.8. The molecule has 0 saturated carbocycles. The lowest BCUT2D eigenvalue weighted by Crippen LogP contribution is -2.28. The average Bonchev–Trinajstić information content (AvgIpc) is 2.69. The van der Waals surface area contributed by atoms with Crippen LogP contribution in [0.5, 0.6) is 0 Å². The Morgan fingerprint density at radius 1 is 1.08 bits per heavy atom. The van der Waals surface area contributed by atoms with E-state index in [1.807, 2.05) is 43.5 Å². The van der Waals surface area contributed by atoms with Crippen molar-refractivity contribution in [3.63, 3.8) is 0 Å². The molecule has 0 spiro atoms. The molecule has 0 bridgehead atoms. The largest absolute Gasteiger partial charge is 0.344 e. The highest BCUT2D eigenvalue weighted by atomic mass is 35.5. The van der Waals surface area contributed by atoms with Gasteiger partial charge in [0.05, 0.1) is 17.3 Å². The number of thioether (sulfide) groups is 1. The number of amides is 1. The molecule has 0 aliphatic heterocycles. The molecule has 26 heavy (non-hydrogen) atoms. The molecule has 2 aromatic carbocycles. The maximum atomic E-state index is 12.5. The Hall–Kier alpha value is -2.37. The van der Waals surface area contributed by atoms with Crippen LogP contribution in [0.1, 0.15) is 29.0 Å². The number of carbonyl (C=O) groups is 1. The van der Waals surface area contributed by atoms with E-state index in [4.69, 9.17) is 11.6 Å². The maximum absolute atomic E-state index is 12.5. The van der Waals surface area contributed by atoms with Crippen LogP contribution in [0.15, 0.2) is 66.0 Å². The molecule has 0 saturated heterocycles. The SMILES string of the molecule is CSc1ncc(Cl)c(C(=O)NC(C)c2ccc(-c3ccccc3)cc2)n1. The Bertz CT molecular complexity index is 901. The van der Waals surface area contributed by atoms with E-state index >= 15 is 0 Å². The van der Waals surface area contributed by atoms with Gasteiger partial charge in [-0.1, -0.05) is 78.0 Å². The molecule has 3 aromatic rings. The minimum Gasteiger partial charge on any atom is -0.344 e. The Morgan fingerprint density at radius 2 is 1.73 bits per heavy atom. The van der Waals surface area contributed by atoms with Crippen LogP contribution in [-0.4, -0.2) is 22.1 Å². The molecule has 132 valence electrons. The average molecular weight is 384 g/mol. The van der Waals surface area contributed by atoms with E-state index in [2.05, 4.69) is 39.6 Å². The van der Waals surface area contributed by atoms with E-state index in [1.165, 1.54) is 18.0 Å². The van der Waals surface area contributed by atoms with Crippen molar-refractivity contribution >= 4 is 29.3 Å². The molecular formula is C20H18ClN3OS. The van der Waals surface area contributed by atoms with Crippen LogP contribution >= 0.6 is 23.4 Å². The van der Waals surface area contributed by atoms with Crippen molar-refractivity contribution in [1.29, 1.82) is 0 Å². The lowest BCUT2D eigenvalue weighted by molar-refractivity contribution is 0.0934. The zero-order chi connectivity index (χ0) is 18.5. The van der Waals surface area contributed by atoms with Crippen molar-refractivity contribution in [2.45, 2.75) is 18.1 Å². The summed E-state index contributed by atoms with van der Waals surface area (Å²) < 4.78 is 0. The van der Waals surface area contributed by atoms with E-state index < -0.39 is 0 Å². The van der Waals surface area contributed by atoms with Gasteiger partial charge in [-0.15, -0.1) is 0 Å². The van der Waals surface area contributed by atoms with Crippen LogP contribution in [0.25, 0.3) is 11.1 Å². The summed E-state index contributed by atoms with van der Waals surface area (Å²) in [5, 5.41) is 3.70. The fourth-order valence-corrected chi connectivity index (χ4v) is 3.07. The smallest absolute Gasteiger partial charge is 0.272 e. The summed E-state index contributed by atoms with van der Waals surface area (Å²) >= 11 is 7.43. The Morgan fingerprint density at radius 3 is 2.38 bits per heavy atom. The molecule has 0 aliphatic rings. The van der Waals surface area contributed by atoms with Crippen molar-refractivity contribution in [1.82, 2.24) is 15.3 Å². The number of hydrogen-bond acceptors (Lipinski definition) is 4. The summed E-state index contributed by atoms with van der Waals surface area (Å²) in [7, 11) is 0. The summed E-state index contributed by atoms with van der Waals surface area (Å²) in [6.45, 7) is 1.93. The van der Waals surface area contributed by atoms with E-state index in [1.54, 1.807) is 0 Å². The minimum absolute atomic E-state index is 0.170. The molecular weight excluding hydrogens is 366 g/mol. The molecule has 0 fully saturated rings. The summed E-state index contributed by atoms with van der Waals surface area (Å²) in [6, 6.07) is 18.1. The number of benzene rings is 2. The van der Waals surface area contributed by atoms with Gasteiger partial charge in [-0.25, -0.2) is 9.97 Å². The van der Waals surface area contributed by atoms with Gasteiger partial charge >= 0.3 is 0 Å². The summed E-state index contributed by atoms with van der Waals surface area (Å²) in [4.78, 5) is 20.8. The van der Waals surface area contributed by atoms with Crippen LogP contribution in [0.4, 0.5) is 0 Å². The van der Waals surface area contributed by atoms with Crippen molar-refractivity contribution in [3.8, 4) is 11.1 Å². The first-order valence-electron chi connectivity index (χ1n) is 8.11. The van der Waals surface area contributed by atoms with Gasteiger partial charge in [0.15, 0.2) is 10.9 Å². The quantitative estimate of drug-likeness (QED) is 0.497. The van der Waals surface area contributed by atoms with Crippen molar-refractivity contribution < 1.29 is 4.79 Å². The Kier molecular flexibility index (Phi) is 5.91. The fourth-order valence-electron chi connectivity index (χ4n) is 2.55. The van der Waals surface area contributed by atoms with E-state index in [-0.39, 0.29) is 22.7 Å². The van der Waals surface area contributed by atoms with Gasteiger partial charge in [0.2, 0.25) is 0 Å². The molecule has 0 aliphatic carbocycles. The predicted octanol–water partition coefficient (Wildman–Crippen LogP) is 5.01. The van der Waals surface area contributed by atoms with Crippen LogP contribution < -0.4 is 5.32 Å². The molecule has 1 heterocycles. The van der Waals surface area contributed by atoms with Crippen LogP contribution in [-0.2, 0) is 0 Å². The number of carbonyl (C=O) groups excluding carboxylic acids is 1. The fraction of sp³-hybridized carbons (Fsp3) is 0.150. The molecule has 1 aromatic heterocycles. The van der Waals surface area contributed by atoms with Gasteiger partial charge in [-0.3, -0.25) is 4.79 Å². The van der Waals surface area contributed by atoms with Crippen molar-refractivity contribution in [3.05, 3.63) is 77.1 Å². The first kappa shape index (κ1) is 18.4. The van der Waals surface area contributed by atoms with Crippen LogP contribution in [0, 0.1) is 0 Å². The monoisotopic (exact) mass is 383 g/mol. The molecule has 4 nitrogen and oxygen atoms in total. The molecule has 1 amide bonds. The number of rotatable bonds is 5. The summed E-state index contributed by atoms with van der Waals surface area (Å²) in [5.41, 5.74) is 3.50. The summed E-state index contributed by atoms with van der Waals surface area (Å²) in [5.74, 6) is -0.313. The van der Waals surface area contributed by atoms with Gasteiger partial charge in [0, 0.05) is 0 Å². The van der Waals surface area contributed by atoms with Gasteiger partial charge in [-0.2, -0.15) is 0 Å². The second-order valence-electron chi connectivity index (χ2n) is 5.74. The molecule has 1 N–H and O–H groups in total. The van der Waals surface area contributed by atoms with Gasteiger partial charge in [0.1, 0.15) is 0 Å². The number of halogens is 1. The van der Waals surface area contributed by atoms with Crippen LogP contribution in [0.2, 0.25) is 5.02 Å². The van der Waals surface area contributed by atoms with Gasteiger partial charge in [0.25, 0.3) is 5.91 Å². The van der Waals surface area contributed by atoms with Crippen molar-refractivity contribution in [2.75, 3.05) is 6.26 Å². The Balaban J connectivity index is 1.74. The van der Waals surface area contributed by atoms with E-state index in [0.29, 0.717) is 5.16 Å². The van der Waals surface area contributed by atoms with Crippen molar-refractivity contribution in [2.24, 2.45) is 0 Å². The number of hydrogen-bond donors (Lipinski definition) is 1. The number of nitrogens with zero attached hydrogens (tertiary/aromatic N) is 2. The van der Waals surface area contributed by atoms with Gasteiger partial charge in [-0.05, 0) is 29.9 Å². The highest BCUT2D eigenvalue weighted by molar-refractivity contribution is 7.98. The van der Waals surface area contributed by atoms with E-state index in [9.17, 15) is 4.79 Å². The first-order chi connectivity index (χ1) is 12.6. The predicted molar refractivity (Wildman–Crippen MR) is 107 cm³/mol. The lowest BCUT2D eigenvalue weighted by Gasteiger charge is -2.15. The molecule has 0 radical (unpaired) electrons. The highest BCUT2D eigenvalue weighted by Crippen LogP contribution is 2.22. The second kappa shape index (κ2) is 8.34. The van der Waals surface area contributed by atoms with Gasteiger partial charge < -0.3 is 5.32 Å². The molecule has 1 unspecified atom stereocenters.